The Kier molecular flexibility index (Phi) is 5.34. The van der Waals surface area contributed by atoms with Gasteiger partial charge in [0.25, 0.3) is 0 Å². The minimum atomic E-state index is -0.489. The Hall–Kier alpha value is -6.38. The highest BCUT2D eigenvalue weighted by atomic mass is 16.5. The van der Waals surface area contributed by atoms with E-state index in [1.165, 1.54) is 71.5 Å². The summed E-state index contributed by atoms with van der Waals surface area (Å²) in [4.78, 5) is 0. The van der Waals surface area contributed by atoms with Gasteiger partial charge in [-0.25, -0.2) is 0 Å². The fourth-order valence-electron chi connectivity index (χ4n) is 8.86. The van der Waals surface area contributed by atoms with Crippen molar-refractivity contribution in [2.24, 2.45) is 0 Å². The molecule has 1 aliphatic carbocycles. The molecule has 1 spiro atoms. The Morgan fingerprint density at radius 2 is 1.06 bits per heavy atom. The fourth-order valence-corrected chi connectivity index (χ4v) is 8.86. The van der Waals surface area contributed by atoms with Gasteiger partial charge in [-0.15, -0.1) is 0 Å². The third kappa shape index (κ3) is 3.50. The highest BCUT2D eigenvalue weighted by Gasteiger charge is 2.50. The molecule has 49 heavy (non-hydrogen) atoms. The number of para-hydroxylation sites is 2. The Bertz CT molecular complexity index is 2770. The van der Waals surface area contributed by atoms with E-state index < -0.39 is 5.41 Å². The average Bonchev–Trinajstić information content (AvgIpc) is 3.67. The van der Waals surface area contributed by atoms with Crippen LogP contribution >= 0.6 is 0 Å². The first-order valence-corrected chi connectivity index (χ1v) is 16.9. The largest absolute Gasteiger partial charge is 0.457 e. The van der Waals surface area contributed by atoms with Crippen LogP contribution in [0.15, 0.2) is 176 Å². The average molecular weight is 624 g/mol. The molecule has 0 unspecified atom stereocenters. The van der Waals surface area contributed by atoms with Crippen molar-refractivity contribution in [3.63, 3.8) is 0 Å². The highest BCUT2D eigenvalue weighted by Crippen LogP contribution is 2.62. The van der Waals surface area contributed by atoms with Crippen LogP contribution in [0.2, 0.25) is 0 Å². The number of nitrogens with zero attached hydrogens (tertiary/aromatic N) is 1. The number of hydrogen-bond donors (Lipinski definition) is 0. The van der Waals surface area contributed by atoms with Crippen LogP contribution in [0.25, 0.3) is 60.5 Å². The molecule has 9 aromatic rings. The van der Waals surface area contributed by atoms with Crippen LogP contribution in [-0.4, -0.2) is 4.57 Å². The van der Waals surface area contributed by atoms with E-state index in [2.05, 4.69) is 180 Å². The van der Waals surface area contributed by atoms with Crippen LogP contribution in [0.4, 0.5) is 0 Å². The zero-order valence-corrected chi connectivity index (χ0v) is 26.6. The zero-order valence-electron chi connectivity index (χ0n) is 26.6. The standard InChI is InChI=1S/C47H29NO/c1-2-15-34-30(12-1)24-26-38-37-18-5-9-22-43(37)48(46(34)38)33-14-11-13-31(28-33)32-25-27-45-42(29-32)47(41-21-8-10-23-44(41)49-45)39-19-6-3-16-35(39)36-17-4-7-20-40(36)47/h1-29H. The third-order valence-electron chi connectivity index (χ3n) is 10.8. The Morgan fingerprint density at radius 1 is 0.408 bits per heavy atom. The van der Waals surface area contributed by atoms with Gasteiger partial charge in [0.15, 0.2) is 0 Å². The number of ether oxygens (including phenoxy) is 1. The van der Waals surface area contributed by atoms with Crippen molar-refractivity contribution in [1.82, 2.24) is 4.57 Å². The molecule has 1 aliphatic heterocycles. The molecule has 0 saturated carbocycles. The molecule has 0 bridgehead atoms. The summed E-state index contributed by atoms with van der Waals surface area (Å²) >= 11 is 0. The normalized spacial score (nSPS) is 13.6. The van der Waals surface area contributed by atoms with E-state index in [-0.39, 0.29) is 0 Å². The van der Waals surface area contributed by atoms with Crippen molar-refractivity contribution in [3.05, 3.63) is 198 Å². The predicted octanol–water partition coefficient (Wildman–Crippen LogP) is 12.1. The van der Waals surface area contributed by atoms with E-state index >= 15 is 0 Å². The van der Waals surface area contributed by atoms with Gasteiger partial charge >= 0.3 is 0 Å². The van der Waals surface area contributed by atoms with Crippen LogP contribution in [0.5, 0.6) is 11.5 Å². The lowest BCUT2D eigenvalue weighted by molar-refractivity contribution is 0.436. The number of hydrogen-bond acceptors (Lipinski definition) is 1. The lowest BCUT2D eigenvalue weighted by atomic mass is 9.66. The van der Waals surface area contributed by atoms with Crippen molar-refractivity contribution in [2.75, 3.05) is 0 Å². The van der Waals surface area contributed by atoms with Gasteiger partial charge in [0.1, 0.15) is 11.5 Å². The number of rotatable bonds is 2. The van der Waals surface area contributed by atoms with E-state index in [1.807, 2.05) is 0 Å². The van der Waals surface area contributed by atoms with Gasteiger partial charge in [-0.1, -0.05) is 140 Å². The second-order valence-corrected chi connectivity index (χ2v) is 13.2. The van der Waals surface area contributed by atoms with E-state index in [9.17, 15) is 0 Å². The molecule has 2 heteroatoms. The monoisotopic (exact) mass is 623 g/mol. The van der Waals surface area contributed by atoms with Gasteiger partial charge in [-0.3, -0.25) is 0 Å². The molecule has 0 atom stereocenters. The summed E-state index contributed by atoms with van der Waals surface area (Å²) in [5, 5.41) is 5.03. The molecule has 228 valence electrons. The zero-order chi connectivity index (χ0) is 32.1. The van der Waals surface area contributed by atoms with Crippen molar-refractivity contribution in [3.8, 4) is 39.4 Å². The van der Waals surface area contributed by atoms with Crippen LogP contribution in [0, 0.1) is 0 Å². The number of fused-ring (bicyclic) bond motifs is 14. The molecule has 0 radical (unpaired) electrons. The highest BCUT2D eigenvalue weighted by molar-refractivity contribution is 6.18. The maximum atomic E-state index is 6.70. The van der Waals surface area contributed by atoms with Gasteiger partial charge in [-0.05, 0) is 75.2 Å². The molecule has 11 rings (SSSR count). The molecule has 0 N–H and O–H groups in total. The molecule has 0 fully saturated rings. The summed E-state index contributed by atoms with van der Waals surface area (Å²) < 4.78 is 9.14. The van der Waals surface area contributed by atoms with Gasteiger partial charge in [0.05, 0.1) is 16.4 Å². The summed E-state index contributed by atoms with van der Waals surface area (Å²) in [5.74, 6) is 1.81. The SMILES string of the molecule is c1cc(-c2ccc3c(c2)C2(c4ccccc4O3)c3ccccc3-c3ccccc32)cc(-n2c3ccccc3c3ccc4ccccc4c32)c1. The Morgan fingerprint density at radius 3 is 1.90 bits per heavy atom. The Labute approximate surface area is 284 Å². The molecule has 8 aromatic carbocycles. The second kappa shape index (κ2) is 9.82. The van der Waals surface area contributed by atoms with Gasteiger partial charge in [0.2, 0.25) is 0 Å². The van der Waals surface area contributed by atoms with E-state index in [0.717, 1.165) is 22.7 Å². The molecule has 1 aromatic heterocycles. The van der Waals surface area contributed by atoms with Crippen molar-refractivity contribution >= 4 is 32.6 Å². The molecular formula is C47H29NO. The van der Waals surface area contributed by atoms with Crippen molar-refractivity contribution < 1.29 is 4.74 Å². The van der Waals surface area contributed by atoms with E-state index in [0.29, 0.717) is 0 Å². The molecule has 2 heterocycles. The lowest BCUT2D eigenvalue weighted by Crippen LogP contribution is -2.32. The minimum absolute atomic E-state index is 0.489. The number of aromatic nitrogens is 1. The molecule has 0 amide bonds. The quantitative estimate of drug-likeness (QED) is 0.187. The van der Waals surface area contributed by atoms with Gasteiger partial charge < -0.3 is 9.30 Å². The van der Waals surface area contributed by atoms with Crippen LogP contribution in [0.3, 0.4) is 0 Å². The predicted molar refractivity (Wildman–Crippen MR) is 201 cm³/mol. The number of benzene rings is 8. The summed E-state index contributed by atoms with van der Waals surface area (Å²) in [6.07, 6.45) is 0. The van der Waals surface area contributed by atoms with E-state index in [4.69, 9.17) is 4.74 Å². The topological polar surface area (TPSA) is 14.2 Å². The smallest absolute Gasteiger partial charge is 0.132 e. The molecule has 2 nitrogen and oxygen atoms in total. The van der Waals surface area contributed by atoms with E-state index in [1.54, 1.807) is 0 Å². The van der Waals surface area contributed by atoms with Crippen molar-refractivity contribution in [1.29, 1.82) is 0 Å². The molecular weight excluding hydrogens is 595 g/mol. The minimum Gasteiger partial charge on any atom is -0.457 e. The maximum absolute atomic E-state index is 6.70. The van der Waals surface area contributed by atoms with Gasteiger partial charge in [-0.2, -0.15) is 0 Å². The molecule has 2 aliphatic rings. The summed E-state index contributed by atoms with van der Waals surface area (Å²) in [6.45, 7) is 0. The van der Waals surface area contributed by atoms with Gasteiger partial charge in [0, 0.05) is 33.0 Å². The van der Waals surface area contributed by atoms with Crippen LogP contribution in [-0.2, 0) is 5.41 Å². The van der Waals surface area contributed by atoms with Crippen LogP contribution < -0.4 is 4.74 Å². The summed E-state index contributed by atoms with van der Waals surface area (Å²) in [6, 6.07) is 64.1. The molecule has 0 saturated heterocycles. The first kappa shape index (κ1) is 26.7. The first-order valence-electron chi connectivity index (χ1n) is 16.9. The lowest BCUT2D eigenvalue weighted by Gasteiger charge is -2.39. The fraction of sp³-hybridized carbons (Fsp3) is 0.0213. The Balaban J connectivity index is 1.17. The summed E-state index contributed by atoms with van der Waals surface area (Å²) in [7, 11) is 0. The van der Waals surface area contributed by atoms with Crippen molar-refractivity contribution in [2.45, 2.75) is 5.41 Å². The first-order chi connectivity index (χ1) is 24.3. The second-order valence-electron chi connectivity index (χ2n) is 13.2. The third-order valence-corrected chi connectivity index (χ3v) is 10.8. The summed E-state index contributed by atoms with van der Waals surface area (Å²) in [5.41, 5.74) is 13.0. The maximum Gasteiger partial charge on any atom is 0.132 e. The van der Waals surface area contributed by atoms with Crippen LogP contribution in [0.1, 0.15) is 22.3 Å².